The van der Waals surface area contributed by atoms with Crippen molar-refractivity contribution in [1.82, 2.24) is 4.90 Å². The minimum atomic E-state index is -3.14. The summed E-state index contributed by atoms with van der Waals surface area (Å²) < 4.78 is 21.6. The molecule has 1 unspecified atom stereocenters. The molecule has 15 heavy (non-hydrogen) atoms. The topological polar surface area (TPSA) is 91.8 Å². The summed E-state index contributed by atoms with van der Waals surface area (Å²) >= 11 is 0. The summed E-state index contributed by atoms with van der Waals surface area (Å²) in [6.45, 7) is 1.27. The smallest absolute Gasteiger partial charge is 0.315 e. The van der Waals surface area contributed by atoms with Crippen LogP contribution in [0.4, 0.5) is 0 Å². The van der Waals surface area contributed by atoms with Crippen LogP contribution in [0, 0.1) is 5.92 Å². The number of nitrogens with zero attached hydrogens (tertiary/aromatic N) is 1. The minimum absolute atomic E-state index is 0.00921. The monoisotopic (exact) mass is 237 g/mol. The predicted octanol–water partition coefficient (Wildman–Crippen LogP) is -0.790. The third-order valence-electron chi connectivity index (χ3n) is 1.91. The van der Waals surface area contributed by atoms with Crippen molar-refractivity contribution in [2.75, 3.05) is 25.6 Å². The molecule has 0 aromatic heterocycles. The third-order valence-corrected chi connectivity index (χ3v) is 2.84. The number of carboxylic acids is 1. The molecule has 0 aromatic rings. The number of aliphatic carboxylic acids is 1. The first-order chi connectivity index (χ1) is 6.65. The van der Waals surface area contributed by atoms with Gasteiger partial charge in [0.1, 0.15) is 15.8 Å². The minimum Gasteiger partial charge on any atom is -0.481 e. The van der Waals surface area contributed by atoms with Crippen LogP contribution in [0.1, 0.15) is 6.92 Å². The highest BCUT2D eigenvalue weighted by Gasteiger charge is 2.24. The largest absolute Gasteiger partial charge is 0.481 e. The lowest BCUT2D eigenvalue weighted by Crippen LogP contribution is -2.37. The van der Waals surface area contributed by atoms with Crippen molar-refractivity contribution in [3.63, 3.8) is 0 Å². The Hall–Kier alpha value is -1.11. The summed E-state index contributed by atoms with van der Waals surface area (Å²) in [5, 5.41) is 8.56. The number of sulfone groups is 1. The summed E-state index contributed by atoms with van der Waals surface area (Å²) in [5.41, 5.74) is 0. The van der Waals surface area contributed by atoms with Crippen molar-refractivity contribution in [3.8, 4) is 0 Å². The zero-order chi connectivity index (χ0) is 12.2. The van der Waals surface area contributed by atoms with Crippen molar-refractivity contribution in [2.45, 2.75) is 6.92 Å². The Morgan fingerprint density at radius 3 is 2.20 bits per heavy atom. The molecule has 0 rings (SSSR count). The van der Waals surface area contributed by atoms with Gasteiger partial charge in [0.05, 0.1) is 5.75 Å². The molecule has 0 saturated heterocycles. The van der Waals surface area contributed by atoms with E-state index >= 15 is 0 Å². The van der Waals surface area contributed by atoms with Gasteiger partial charge in [-0.15, -0.1) is 0 Å². The molecule has 0 aliphatic rings. The molecule has 0 bridgehead atoms. The van der Waals surface area contributed by atoms with Crippen LogP contribution < -0.4 is 0 Å². The maximum atomic E-state index is 11.4. The van der Waals surface area contributed by atoms with Gasteiger partial charge in [-0.25, -0.2) is 8.42 Å². The molecule has 1 N–H and O–H groups in total. The van der Waals surface area contributed by atoms with Crippen molar-refractivity contribution < 1.29 is 23.1 Å². The van der Waals surface area contributed by atoms with E-state index in [9.17, 15) is 18.0 Å². The summed E-state index contributed by atoms with van der Waals surface area (Å²) in [4.78, 5) is 22.9. The molecule has 0 fully saturated rings. The second kappa shape index (κ2) is 5.11. The van der Waals surface area contributed by atoms with E-state index in [1.807, 2.05) is 0 Å². The van der Waals surface area contributed by atoms with Crippen LogP contribution in [-0.2, 0) is 19.4 Å². The molecule has 0 heterocycles. The highest BCUT2D eigenvalue weighted by atomic mass is 32.2. The van der Waals surface area contributed by atoms with Gasteiger partial charge in [0.25, 0.3) is 0 Å². The van der Waals surface area contributed by atoms with Crippen LogP contribution in [0.25, 0.3) is 0 Å². The standard InChI is InChI=1S/C8H15NO5S/c1-6(8(11)12)7(10)9(2)4-5-15(3,13)14/h6H,4-5H2,1-3H3,(H,11,12). The molecule has 7 heteroatoms. The van der Waals surface area contributed by atoms with E-state index in [0.29, 0.717) is 0 Å². The number of hydrogen-bond acceptors (Lipinski definition) is 4. The van der Waals surface area contributed by atoms with Crippen molar-refractivity contribution in [1.29, 1.82) is 0 Å². The van der Waals surface area contributed by atoms with Crippen LogP contribution in [0.5, 0.6) is 0 Å². The Balaban J connectivity index is 4.29. The molecule has 0 radical (unpaired) electrons. The fourth-order valence-electron chi connectivity index (χ4n) is 0.849. The molecule has 6 nitrogen and oxygen atoms in total. The van der Waals surface area contributed by atoms with Gasteiger partial charge in [-0.05, 0) is 6.92 Å². The van der Waals surface area contributed by atoms with E-state index in [4.69, 9.17) is 5.11 Å². The van der Waals surface area contributed by atoms with Crippen LogP contribution >= 0.6 is 0 Å². The first kappa shape index (κ1) is 13.9. The molecule has 0 aromatic carbocycles. The lowest BCUT2D eigenvalue weighted by atomic mass is 10.1. The van der Waals surface area contributed by atoms with Gasteiger partial charge < -0.3 is 10.0 Å². The van der Waals surface area contributed by atoms with Gasteiger partial charge >= 0.3 is 5.97 Å². The van der Waals surface area contributed by atoms with Gasteiger partial charge in [-0.3, -0.25) is 9.59 Å². The first-order valence-corrected chi connectivity index (χ1v) is 6.36. The van der Waals surface area contributed by atoms with Gasteiger partial charge in [0.2, 0.25) is 5.91 Å². The second-order valence-electron chi connectivity index (χ2n) is 3.45. The molecule has 0 saturated carbocycles. The maximum Gasteiger partial charge on any atom is 0.315 e. The number of carbonyl (C=O) groups is 2. The normalized spacial score (nSPS) is 13.3. The highest BCUT2D eigenvalue weighted by Crippen LogP contribution is 2.01. The van der Waals surface area contributed by atoms with Gasteiger partial charge in [0.15, 0.2) is 0 Å². The average molecular weight is 237 g/mol. The van der Waals surface area contributed by atoms with Crippen LogP contribution in [0.2, 0.25) is 0 Å². The zero-order valence-corrected chi connectivity index (χ0v) is 9.74. The zero-order valence-electron chi connectivity index (χ0n) is 8.93. The van der Waals surface area contributed by atoms with E-state index in [1.165, 1.54) is 14.0 Å². The fourth-order valence-corrected chi connectivity index (χ4v) is 1.45. The Bertz CT molecular complexity index is 348. The Labute approximate surface area is 88.8 Å². The summed E-state index contributed by atoms with van der Waals surface area (Å²) in [6, 6.07) is 0. The average Bonchev–Trinajstić information content (AvgIpc) is 2.10. The lowest BCUT2D eigenvalue weighted by molar-refractivity contribution is -0.149. The first-order valence-electron chi connectivity index (χ1n) is 4.30. The maximum absolute atomic E-state index is 11.4. The van der Waals surface area contributed by atoms with Crippen molar-refractivity contribution in [3.05, 3.63) is 0 Å². The van der Waals surface area contributed by atoms with Crippen molar-refractivity contribution >= 4 is 21.7 Å². The van der Waals surface area contributed by atoms with E-state index in [-0.39, 0.29) is 12.3 Å². The molecule has 1 atom stereocenters. The van der Waals surface area contributed by atoms with Gasteiger partial charge in [-0.1, -0.05) is 0 Å². The van der Waals surface area contributed by atoms with Crippen molar-refractivity contribution in [2.24, 2.45) is 5.92 Å². The summed E-state index contributed by atoms with van der Waals surface area (Å²) in [7, 11) is -1.76. The Morgan fingerprint density at radius 2 is 1.87 bits per heavy atom. The van der Waals surface area contributed by atoms with Crippen LogP contribution in [0.15, 0.2) is 0 Å². The molecular weight excluding hydrogens is 222 g/mol. The summed E-state index contributed by atoms with van der Waals surface area (Å²) in [6.07, 6.45) is 1.06. The fraction of sp³-hybridized carbons (Fsp3) is 0.750. The van der Waals surface area contributed by atoms with E-state index in [1.54, 1.807) is 0 Å². The molecule has 0 aliphatic carbocycles. The lowest BCUT2D eigenvalue weighted by Gasteiger charge is -2.18. The van der Waals surface area contributed by atoms with Crippen LogP contribution in [0.3, 0.4) is 0 Å². The number of carboxylic acid groups (broad SMARTS) is 1. The Morgan fingerprint density at radius 1 is 1.40 bits per heavy atom. The van der Waals surface area contributed by atoms with Gasteiger partial charge in [-0.2, -0.15) is 0 Å². The van der Waals surface area contributed by atoms with E-state index < -0.39 is 27.6 Å². The molecule has 0 spiro atoms. The predicted molar refractivity (Wildman–Crippen MR) is 54.1 cm³/mol. The van der Waals surface area contributed by atoms with Gasteiger partial charge in [0, 0.05) is 19.8 Å². The molecule has 88 valence electrons. The molecule has 0 aliphatic heterocycles. The number of rotatable bonds is 5. The highest BCUT2D eigenvalue weighted by molar-refractivity contribution is 7.90. The number of carbonyl (C=O) groups excluding carboxylic acids is 1. The number of hydrogen-bond donors (Lipinski definition) is 1. The van der Waals surface area contributed by atoms with Crippen LogP contribution in [-0.4, -0.2) is 55.9 Å². The third kappa shape index (κ3) is 5.36. The van der Waals surface area contributed by atoms with E-state index in [2.05, 4.69) is 0 Å². The molecule has 1 amide bonds. The summed E-state index contributed by atoms with van der Waals surface area (Å²) in [5.74, 6) is -3.12. The number of amides is 1. The SMILES string of the molecule is CC(C(=O)O)C(=O)N(C)CCS(C)(=O)=O. The second-order valence-corrected chi connectivity index (χ2v) is 5.71. The quantitative estimate of drug-likeness (QED) is 0.633. The Kier molecular flexibility index (Phi) is 4.73. The van der Waals surface area contributed by atoms with E-state index in [0.717, 1.165) is 11.2 Å². The molecular formula is C8H15NO5S.